The monoisotopic (exact) mass is 642 g/mol. The smallest absolute Gasteiger partial charge is 0.264 e. The van der Waals surface area contributed by atoms with E-state index in [-0.39, 0.29) is 25.0 Å². The van der Waals surface area contributed by atoms with Crippen LogP contribution < -0.4 is 14.8 Å². The zero-order valence-electron chi connectivity index (χ0n) is 27.0. The molecule has 0 radical (unpaired) electrons. The Morgan fingerprint density at radius 1 is 1.00 bits per heavy atom. The molecule has 2 aromatic heterocycles. The van der Waals surface area contributed by atoms with E-state index in [1.54, 1.807) is 37.6 Å². The maximum absolute atomic E-state index is 15.4. The van der Waals surface area contributed by atoms with Crippen molar-refractivity contribution in [2.24, 2.45) is 0 Å². The fourth-order valence-electron chi connectivity index (χ4n) is 5.88. The van der Waals surface area contributed by atoms with Crippen molar-refractivity contribution in [3.05, 3.63) is 67.1 Å². The number of likely N-dealkylation sites (tertiary alicyclic amines) is 2. The number of fused-ring (bicyclic) bond motifs is 1. The highest BCUT2D eigenvalue weighted by Crippen LogP contribution is 2.32. The number of hydrogen-bond donors (Lipinski definition) is 1. The number of hydrogen-bond acceptors (Lipinski definition) is 9. The summed E-state index contributed by atoms with van der Waals surface area (Å²) >= 11 is 0. The summed E-state index contributed by atoms with van der Waals surface area (Å²) in [5.41, 5.74) is 2.63. The van der Waals surface area contributed by atoms with Crippen molar-refractivity contribution >= 4 is 34.2 Å². The average molecular weight is 643 g/mol. The van der Waals surface area contributed by atoms with Crippen LogP contribution in [0.1, 0.15) is 18.9 Å². The van der Waals surface area contributed by atoms with Gasteiger partial charge in [-0.25, -0.2) is 9.37 Å². The first kappa shape index (κ1) is 31.9. The lowest BCUT2D eigenvalue weighted by Gasteiger charge is -2.45. The molecule has 47 heavy (non-hydrogen) atoms. The van der Waals surface area contributed by atoms with Crippen LogP contribution >= 0.6 is 0 Å². The van der Waals surface area contributed by atoms with Crippen molar-refractivity contribution in [1.29, 1.82) is 0 Å². The van der Waals surface area contributed by atoms with Crippen LogP contribution in [0.4, 0.5) is 15.8 Å². The number of alkyl halides is 1. The van der Waals surface area contributed by atoms with Crippen LogP contribution in [-0.4, -0.2) is 113 Å². The van der Waals surface area contributed by atoms with Gasteiger partial charge in [0.05, 0.1) is 62.5 Å². The van der Waals surface area contributed by atoms with Crippen LogP contribution in [-0.2, 0) is 9.59 Å². The molecule has 0 saturated carbocycles. The van der Waals surface area contributed by atoms with Gasteiger partial charge in [-0.3, -0.25) is 19.3 Å². The summed E-state index contributed by atoms with van der Waals surface area (Å²) in [4.78, 5) is 39.7. The summed E-state index contributed by atoms with van der Waals surface area (Å²) in [6.07, 6.45) is 9.90. The number of carbonyl (C=O) groups excluding carboxylic acids is 2. The Kier molecular flexibility index (Phi) is 9.08. The molecule has 0 unspecified atom stereocenters. The van der Waals surface area contributed by atoms with Crippen molar-refractivity contribution in [1.82, 2.24) is 34.4 Å². The summed E-state index contributed by atoms with van der Waals surface area (Å²) in [5, 5.41) is 7.98. The van der Waals surface area contributed by atoms with E-state index in [2.05, 4.69) is 15.4 Å². The Labute approximate surface area is 272 Å². The molecule has 12 nitrogen and oxygen atoms in total. The van der Waals surface area contributed by atoms with Gasteiger partial charge in [0.15, 0.2) is 0 Å². The van der Waals surface area contributed by atoms with E-state index in [0.717, 1.165) is 28.0 Å². The first-order valence-electron chi connectivity index (χ1n) is 15.5. The van der Waals surface area contributed by atoms with E-state index < -0.39 is 11.6 Å². The Morgan fingerprint density at radius 3 is 2.40 bits per heavy atom. The second-order valence-corrected chi connectivity index (χ2v) is 12.2. The average Bonchev–Trinajstić information content (AvgIpc) is 3.56. The largest absolute Gasteiger partial charge is 0.497 e. The number of likely N-dealkylation sites (N-methyl/N-ethyl adjacent to an activating group) is 1. The highest BCUT2D eigenvalue weighted by Gasteiger charge is 2.53. The lowest BCUT2D eigenvalue weighted by atomic mass is 9.92. The van der Waals surface area contributed by atoms with Gasteiger partial charge in [-0.05, 0) is 45.1 Å². The second kappa shape index (κ2) is 13.4. The third-order valence-corrected chi connectivity index (χ3v) is 8.51. The van der Waals surface area contributed by atoms with E-state index in [1.807, 2.05) is 66.3 Å². The van der Waals surface area contributed by atoms with Gasteiger partial charge in [0.25, 0.3) is 5.91 Å². The summed E-state index contributed by atoms with van der Waals surface area (Å²) < 4.78 is 28.1. The van der Waals surface area contributed by atoms with Crippen LogP contribution in [0, 0.1) is 0 Å². The molecule has 2 aliphatic rings. The van der Waals surface area contributed by atoms with Crippen LogP contribution in [0.3, 0.4) is 0 Å². The lowest BCUT2D eigenvalue weighted by molar-refractivity contribution is -0.162. The number of halogens is 1. The van der Waals surface area contributed by atoms with Crippen LogP contribution in [0.15, 0.2) is 67.1 Å². The van der Waals surface area contributed by atoms with Crippen molar-refractivity contribution in [3.63, 3.8) is 0 Å². The van der Waals surface area contributed by atoms with Gasteiger partial charge in [0, 0.05) is 67.0 Å². The summed E-state index contributed by atoms with van der Waals surface area (Å²) in [6, 6.07) is 11.4. The molecule has 246 valence electrons. The molecule has 4 aromatic rings. The molecule has 13 heteroatoms. The molecule has 0 aliphatic carbocycles. The normalized spacial score (nSPS) is 16.5. The molecule has 2 amide bonds. The zero-order valence-corrected chi connectivity index (χ0v) is 27.0. The first-order valence-corrected chi connectivity index (χ1v) is 15.5. The molecule has 1 N–H and O–H groups in total. The molecule has 4 heterocycles. The number of anilines is 2. The number of nitrogens with zero attached hydrogens (tertiary/aromatic N) is 7. The zero-order chi connectivity index (χ0) is 33.1. The first-order chi connectivity index (χ1) is 22.6. The van der Waals surface area contributed by atoms with Gasteiger partial charge in [0.1, 0.15) is 11.5 Å². The molecule has 6 rings (SSSR count). The lowest BCUT2D eigenvalue weighted by Crippen LogP contribution is -2.68. The minimum absolute atomic E-state index is 0.0636. The summed E-state index contributed by atoms with van der Waals surface area (Å²) in [5.74, 6) is 0.545. The number of amides is 2. The van der Waals surface area contributed by atoms with Gasteiger partial charge in [-0.15, -0.1) is 0 Å². The third kappa shape index (κ3) is 7.04. The molecule has 2 saturated heterocycles. The topological polar surface area (TPSA) is 118 Å². The van der Waals surface area contributed by atoms with Crippen molar-refractivity contribution in [3.8, 4) is 22.8 Å². The minimum Gasteiger partial charge on any atom is -0.497 e. The molecule has 0 spiro atoms. The molecule has 2 aromatic carbocycles. The van der Waals surface area contributed by atoms with Crippen LogP contribution in [0.5, 0.6) is 11.5 Å². The molecule has 0 bridgehead atoms. The minimum atomic E-state index is -2.03. The maximum Gasteiger partial charge on any atom is 0.264 e. The molecular formula is C34H39FN8O4. The highest BCUT2D eigenvalue weighted by atomic mass is 19.1. The van der Waals surface area contributed by atoms with Gasteiger partial charge >= 0.3 is 0 Å². The van der Waals surface area contributed by atoms with Crippen molar-refractivity contribution in [2.45, 2.75) is 24.6 Å². The van der Waals surface area contributed by atoms with Gasteiger partial charge in [-0.1, -0.05) is 6.08 Å². The Morgan fingerprint density at radius 2 is 1.72 bits per heavy atom. The fraction of sp³-hybridized carbons (Fsp3) is 0.382. The number of nitrogens with one attached hydrogen (secondary N) is 1. The number of carbonyl (C=O) groups is 2. The van der Waals surface area contributed by atoms with E-state index >= 15 is 4.39 Å². The summed E-state index contributed by atoms with van der Waals surface area (Å²) in [6.45, 7) is 1.04. The van der Waals surface area contributed by atoms with Gasteiger partial charge in [-0.2, -0.15) is 5.10 Å². The van der Waals surface area contributed by atoms with E-state index in [1.165, 1.54) is 11.0 Å². The molecule has 0 atom stereocenters. The Balaban J connectivity index is 1.06. The number of ether oxygens (including phenoxy) is 2. The second-order valence-electron chi connectivity index (χ2n) is 12.2. The Hall–Kier alpha value is -5.04. The highest BCUT2D eigenvalue weighted by molar-refractivity contribution is 5.93. The maximum atomic E-state index is 15.4. The predicted molar refractivity (Wildman–Crippen MR) is 177 cm³/mol. The Bertz CT molecular complexity index is 1770. The van der Waals surface area contributed by atoms with Crippen LogP contribution in [0.2, 0.25) is 0 Å². The standard InChI is InChI=1S/C34H39FN8O4/c1-40(2)11-5-6-32(44)42-21-34(35,22-42)33(45)41-12-9-26(10-13-41)43-20-23(18-37-43)31-19-36-29-8-7-24(16-30(29)39-31)38-25-14-27(46-3)17-28(15-25)47-4/h5-8,14-20,26,38H,9-13,21-22H2,1-4H3/b6-5+. The van der Waals surface area contributed by atoms with Crippen LogP contribution in [0.25, 0.3) is 22.3 Å². The number of benzene rings is 2. The molecule has 2 fully saturated rings. The van der Waals surface area contributed by atoms with Gasteiger partial charge in [0.2, 0.25) is 11.6 Å². The number of piperidine rings is 1. The van der Waals surface area contributed by atoms with Crippen molar-refractivity contribution < 1.29 is 23.5 Å². The number of rotatable bonds is 10. The number of methoxy groups -OCH3 is 2. The SMILES string of the molecule is COc1cc(Nc2ccc3ncc(-c4cnn(C5CCN(C(=O)C6(F)CN(C(=O)/C=C/CN(C)C)C6)CC5)c4)nc3c2)cc(OC)c1. The third-order valence-electron chi connectivity index (χ3n) is 8.51. The van der Waals surface area contributed by atoms with E-state index in [0.29, 0.717) is 49.7 Å². The van der Waals surface area contributed by atoms with E-state index in [4.69, 9.17) is 14.5 Å². The quantitative estimate of drug-likeness (QED) is 0.255. The van der Waals surface area contributed by atoms with E-state index in [9.17, 15) is 9.59 Å². The number of aromatic nitrogens is 4. The predicted octanol–water partition coefficient (Wildman–Crippen LogP) is 4.09. The molecule has 2 aliphatic heterocycles. The van der Waals surface area contributed by atoms with Gasteiger partial charge < -0.3 is 29.5 Å². The molecular weight excluding hydrogens is 603 g/mol. The van der Waals surface area contributed by atoms with Crippen molar-refractivity contribution in [2.75, 3.05) is 66.4 Å². The summed E-state index contributed by atoms with van der Waals surface area (Å²) in [7, 11) is 7.02. The fourth-order valence-corrected chi connectivity index (χ4v) is 5.88.